The van der Waals surface area contributed by atoms with Gasteiger partial charge in [0.15, 0.2) is 0 Å². The number of rotatable bonds is 5. The van der Waals surface area contributed by atoms with Crippen LogP contribution in [-0.4, -0.2) is 100.0 Å². The van der Waals surface area contributed by atoms with Crippen LogP contribution in [0.5, 0.6) is 0 Å². The molecule has 3 saturated heterocycles. The molecule has 12 nitrogen and oxygen atoms in total. The molecule has 0 bridgehead atoms. The van der Waals surface area contributed by atoms with Gasteiger partial charge in [0.1, 0.15) is 22.6 Å². The van der Waals surface area contributed by atoms with Crippen molar-refractivity contribution < 1.29 is 33.1 Å². The number of carbonyl (C=O) groups excluding carboxylic acids is 5. The Labute approximate surface area is 238 Å². The monoisotopic (exact) mass is 574 g/mol. The smallest absolute Gasteiger partial charge is 0.334 e. The average Bonchev–Trinajstić information content (AvgIpc) is 3.05. The fraction of sp³-hybridized carbons (Fsp3) is 0.750. The summed E-state index contributed by atoms with van der Waals surface area (Å²) in [5.41, 5.74) is 8.20. The average molecular weight is 575 g/mol. The molecule has 0 unspecified atom stereocenters. The minimum absolute atomic E-state index is 0.138. The third kappa shape index (κ3) is 4.29. The van der Waals surface area contributed by atoms with Crippen molar-refractivity contribution >= 4 is 29.8 Å². The lowest BCUT2D eigenvalue weighted by atomic mass is 9.51. The van der Waals surface area contributed by atoms with Gasteiger partial charge >= 0.3 is 12.1 Å². The predicted octanol–water partition coefficient (Wildman–Crippen LogP) is 1.58. The number of nitrogens with zero attached hydrogens (tertiary/aromatic N) is 4. The first-order valence-corrected chi connectivity index (χ1v) is 14.7. The van der Waals surface area contributed by atoms with Gasteiger partial charge in [-0.15, -0.1) is 0 Å². The Morgan fingerprint density at radius 1 is 0.927 bits per heavy atom. The molecular formula is C28H39FN6O6. The number of ether oxygens (including phenoxy) is 1. The van der Waals surface area contributed by atoms with Gasteiger partial charge in [-0.05, 0) is 62.7 Å². The fourth-order valence-corrected chi connectivity index (χ4v) is 7.95. The molecule has 0 radical (unpaired) electrons. The van der Waals surface area contributed by atoms with Crippen molar-refractivity contribution in [3.63, 3.8) is 0 Å². The number of barbiturate groups is 1. The lowest BCUT2D eigenvalue weighted by molar-refractivity contribution is -0.153. The lowest BCUT2D eigenvalue weighted by Crippen LogP contribution is -2.67. The summed E-state index contributed by atoms with van der Waals surface area (Å²) in [5, 5.41) is 0. The first kappa shape index (κ1) is 27.9. The van der Waals surface area contributed by atoms with Crippen LogP contribution in [0.15, 0.2) is 11.4 Å². The topological polar surface area (TPSA) is 160 Å². The van der Waals surface area contributed by atoms with E-state index in [4.69, 9.17) is 16.2 Å². The summed E-state index contributed by atoms with van der Waals surface area (Å²) in [7, 11) is 1.45. The highest BCUT2D eigenvalue weighted by Crippen LogP contribution is 2.61. The predicted molar refractivity (Wildman–Crippen MR) is 142 cm³/mol. The summed E-state index contributed by atoms with van der Waals surface area (Å²) < 4.78 is 21.0. The molecule has 0 atom stereocenters. The van der Waals surface area contributed by atoms with Crippen LogP contribution >= 0.6 is 0 Å². The minimum Gasteiger partial charge on any atom is -0.385 e. The molecule has 2 spiro atoms. The zero-order valence-electron chi connectivity index (χ0n) is 23.5. The Morgan fingerprint density at radius 2 is 1.56 bits per heavy atom. The summed E-state index contributed by atoms with van der Waals surface area (Å²) in [6.07, 6.45) is 6.29. The number of urea groups is 2. The number of imide groups is 3. The Kier molecular flexibility index (Phi) is 6.59. The largest absolute Gasteiger partial charge is 0.385 e. The van der Waals surface area contributed by atoms with Gasteiger partial charge in [-0.25, -0.2) is 14.0 Å². The number of alkyl halides is 1. The molecular weight excluding hydrogens is 535 g/mol. The van der Waals surface area contributed by atoms with Crippen molar-refractivity contribution in [3.05, 3.63) is 11.4 Å². The molecule has 3 aliphatic carbocycles. The Morgan fingerprint density at radius 3 is 2.12 bits per heavy atom. The van der Waals surface area contributed by atoms with E-state index in [-0.39, 0.29) is 62.0 Å². The summed E-state index contributed by atoms with van der Waals surface area (Å²) in [4.78, 5) is 71.1. The molecule has 41 heavy (non-hydrogen) atoms. The summed E-state index contributed by atoms with van der Waals surface area (Å²) in [5.74, 6) is -1.99. The molecule has 4 N–H and O–H groups in total. The zero-order valence-corrected chi connectivity index (χ0v) is 23.5. The second-order valence-corrected chi connectivity index (χ2v) is 13.1. The first-order valence-electron chi connectivity index (χ1n) is 14.7. The van der Waals surface area contributed by atoms with E-state index in [0.717, 1.165) is 34.0 Å². The first-order chi connectivity index (χ1) is 19.4. The van der Waals surface area contributed by atoms with Crippen LogP contribution in [-0.2, 0) is 19.1 Å². The van der Waals surface area contributed by atoms with Crippen molar-refractivity contribution in [2.75, 3.05) is 33.4 Å². The van der Waals surface area contributed by atoms with Gasteiger partial charge < -0.3 is 21.1 Å². The zero-order chi connectivity index (χ0) is 29.3. The van der Waals surface area contributed by atoms with E-state index in [0.29, 0.717) is 38.5 Å². The molecule has 3 heterocycles. The molecule has 0 aromatic heterocycles. The van der Waals surface area contributed by atoms with Gasteiger partial charge in [0.05, 0.1) is 6.54 Å². The molecule has 6 rings (SSSR count). The van der Waals surface area contributed by atoms with E-state index in [9.17, 15) is 24.0 Å². The maximum absolute atomic E-state index is 15.7. The number of amides is 7. The molecule has 7 amide bonds. The standard InChI is InChI=1S/C28H39FN6O6/c1-32-23(38)28(34(24(32)39)16-27(29)9-11-41-12-10-27)14-26(15-28)7-5-18(6-8-26)35-22(37)19(20(30)31)21(36)33(25(35)40)13-17-3-2-4-17/h17-18H,2-16,30-31H2,1H3. The van der Waals surface area contributed by atoms with E-state index >= 15 is 4.39 Å². The molecule has 0 aromatic rings. The molecule has 224 valence electrons. The second kappa shape index (κ2) is 9.67. The third-order valence-electron chi connectivity index (χ3n) is 10.6. The van der Waals surface area contributed by atoms with Gasteiger partial charge in [0, 0.05) is 45.7 Å². The highest BCUT2D eigenvalue weighted by molar-refractivity contribution is 6.29. The van der Waals surface area contributed by atoms with Crippen LogP contribution in [0.4, 0.5) is 14.0 Å². The minimum atomic E-state index is -1.60. The molecule has 3 aliphatic heterocycles. The van der Waals surface area contributed by atoms with Crippen LogP contribution < -0.4 is 11.5 Å². The van der Waals surface area contributed by atoms with Crippen molar-refractivity contribution in [3.8, 4) is 0 Å². The van der Waals surface area contributed by atoms with E-state index in [1.54, 1.807) is 0 Å². The summed E-state index contributed by atoms with van der Waals surface area (Å²) in [6.45, 7) is 0.663. The number of likely N-dealkylation sites (N-methyl/N-ethyl adjacent to an activating group) is 1. The third-order valence-corrected chi connectivity index (χ3v) is 10.6. The fourth-order valence-electron chi connectivity index (χ4n) is 7.95. The number of carbonyl (C=O) groups is 5. The maximum atomic E-state index is 15.7. The van der Waals surface area contributed by atoms with Crippen molar-refractivity contribution in [2.45, 2.75) is 87.9 Å². The molecule has 3 saturated carbocycles. The van der Waals surface area contributed by atoms with Crippen molar-refractivity contribution in [2.24, 2.45) is 22.8 Å². The molecule has 6 aliphatic rings. The Hall–Kier alpha value is -3.22. The quantitative estimate of drug-likeness (QED) is 0.284. The van der Waals surface area contributed by atoms with Gasteiger partial charge in [0.25, 0.3) is 17.7 Å². The van der Waals surface area contributed by atoms with Crippen LogP contribution in [0.25, 0.3) is 0 Å². The molecule has 6 fully saturated rings. The van der Waals surface area contributed by atoms with E-state index in [2.05, 4.69) is 0 Å². The number of hydrogen-bond acceptors (Lipinski definition) is 8. The Bertz CT molecular complexity index is 1210. The lowest BCUT2D eigenvalue weighted by Gasteiger charge is -2.59. The van der Waals surface area contributed by atoms with Crippen LogP contribution in [0.3, 0.4) is 0 Å². The SMILES string of the molecule is CN1C(=O)N(CC2(F)CCOCC2)C2(CC3(CCC(N4C(=O)C(=C(N)N)C(=O)N(CC5CCC5)C4=O)CC3)C2)C1=O. The van der Waals surface area contributed by atoms with Crippen LogP contribution in [0, 0.1) is 11.3 Å². The van der Waals surface area contributed by atoms with Crippen LogP contribution in [0.2, 0.25) is 0 Å². The van der Waals surface area contributed by atoms with Crippen molar-refractivity contribution in [1.29, 1.82) is 0 Å². The van der Waals surface area contributed by atoms with Gasteiger partial charge in [-0.1, -0.05) is 6.42 Å². The number of nitrogens with two attached hydrogens (primary N) is 2. The maximum Gasteiger partial charge on any atom is 0.334 e. The highest BCUT2D eigenvalue weighted by atomic mass is 19.1. The van der Waals surface area contributed by atoms with Crippen molar-refractivity contribution in [1.82, 2.24) is 19.6 Å². The normalized spacial score (nSPS) is 34.1. The van der Waals surface area contributed by atoms with E-state index in [1.165, 1.54) is 11.9 Å². The van der Waals surface area contributed by atoms with Gasteiger partial charge in [0.2, 0.25) is 0 Å². The molecule has 0 aromatic carbocycles. The summed E-state index contributed by atoms with van der Waals surface area (Å²) >= 11 is 0. The van der Waals surface area contributed by atoms with Gasteiger partial charge in [-0.2, -0.15) is 0 Å². The van der Waals surface area contributed by atoms with E-state index in [1.807, 2.05) is 0 Å². The molecule has 13 heteroatoms. The Balaban J connectivity index is 1.17. The number of hydrogen-bond donors (Lipinski definition) is 2. The summed E-state index contributed by atoms with van der Waals surface area (Å²) in [6, 6.07) is -1.54. The number of halogens is 1. The van der Waals surface area contributed by atoms with Crippen LogP contribution in [0.1, 0.15) is 70.6 Å². The highest BCUT2D eigenvalue weighted by Gasteiger charge is 2.69. The van der Waals surface area contributed by atoms with E-state index < -0.39 is 46.9 Å². The van der Waals surface area contributed by atoms with Gasteiger partial charge in [-0.3, -0.25) is 29.1 Å². The second-order valence-electron chi connectivity index (χ2n) is 13.1.